The molecule has 1 aromatic carbocycles. The van der Waals surface area contributed by atoms with Gasteiger partial charge in [-0.3, -0.25) is 10.1 Å². The van der Waals surface area contributed by atoms with Gasteiger partial charge in [-0.2, -0.15) is 0 Å². The van der Waals surface area contributed by atoms with Crippen LogP contribution in [0.4, 0.5) is 5.69 Å². The number of aryl methyl sites for hydroxylation is 1. The van der Waals surface area contributed by atoms with Crippen LogP contribution >= 0.6 is 0 Å². The van der Waals surface area contributed by atoms with Crippen molar-refractivity contribution in [3.63, 3.8) is 0 Å². The molecule has 1 rings (SSSR count). The van der Waals surface area contributed by atoms with E-state index in [1.165, 1.54) is 0 Å². The van der Waals surface area contributed by atoms with Crippen LogP contribution in [0.3, 0.4) is 0 Å². The van der Waals surface area contributed by atoms with Gasteiger partial charge >= 0.3 is 0 Å². The van der Waals surface area contributed by atoms with Gasteiger partial charge in [0.2, 0.25) is 0 Å². The van der Waals surface area contributed by atoms with Crippen LogP contribution in [0, 0.1) is 10.1 Å². The first-order chi connectivity index (χ1) is 9.17. The molecule has 0 saturated carbocycles. The highest BCUT2D eigenvalue weighted by Gasteiger charge is 2.09. The first-order valence-corrected chi connectivity index (χ1v) is 7.14. The monoisotopic (exact) mass is 264 g/mol. The second-order valence-corrected chi connectivity index (χ2v) is 4.91. The van der Waals surface area contributed by atoms with Crippen LogP contribution in [-0.2, 0) is 6.42 Å². The zero-order valence-electron chi connectivity index (χ0n) is 11.9. The standard InChI is InChI=1S/C15H24N2O2/c1-3-6-14(16-11-4-2)10-9-13-7-5-8-15(12-13)17(18)19/h5,7-8,12,14,16H,3-4,6,9-11H2,1-2H3. The SMILES string of the molecule is CCCNC(CCC)CCc1cccc([N+](=O)[O-])c1. The molecule has 0 heterocycles. The van der Waals surface area contributed by atoms with Crippen molar-refractivity contribution in [1.82, 2.24) is 5.32 Å². The van der Waals surface area contributed by atoms with E-state index in [-0.39, 0.29) is 10.6 Å². The third-order valence-electron chi connectivity index (χ3n) is 3.22. The quantitative estimate of drug-likeness (QED) is 0.546. The third kappa shape index (κ3) is 5.83. The van der Waals surface area contributed by atoms with Gasteiger partial charge in [-0.25, -0.2) is 0 Å². The van der Waals surface area contributed by atoms with Crippen LogP contribution in [0.15, 0.2) is 24.3 Å². The van der Waals surface area contributed by atoms with E-state index in [2.05, 4.69) is 19.2 Å². The lowest BCUT2D eigenvalue weighted by atomic mass is 10.0. The Hall–Kier alpha value is -1.42. The van der Waals surface area contributed by atoms with Crippen molar-refractivity contribution in [2.75, 3.05) is 6.54 Å². The molecule has 4 nitrogen and oxygen atoms in total. The summed E-state index contributed by atoms with van der Waals surface area (Å²) >= 11 is 0. The summed E-state index contributed by atoms with van der Waals surface area (Å²) < 4.78 is 0. The Kier molecular flexibility index (Phi) is 7.11. The molecule has 0 radical (unpaired) electrons. The molecule has 19 heavy (non-hydrogen) atoms. The van der Waals surface area contributed by atoms with Gasteiger partial charge in [0.15, 0.2) is 0 Å². The number of non-ortho nitro benzene ring substituents is 1. The molecule has 0 amide bonds. The number of benzene rings is 1. The van der Waals surface area contributed by atoms with Crippen molar-refractivity contribution in [3.05, 3.63) is 39.9 Å². The second-order valence-electron chi connectivity index (χ2n) is 4.91. The summed E-state index contributed by atoms with van der Waals surface area (Å²) in [4.78, 5) is 10.4. The summed E-state index contributed by atoms with van der Waals surface area (Å²) in [6, 6.07) is 7.48. The van der Waals surface area contributed by atoms with E-state index in [0.717, 1.165) is 44.2 Å². The van der Waals surface area contributed by atoms with Gasteiger partial charge < -0.3 is 5.32 Å². The van der Waals surface area contributed by atoms with Gasteiger partial charge in [-0.1, -0.05) is 32.4 Å². The molecule has 1 atom stereocenters. The van der Waals surface area contributed by atoms with E-state index in [0.29, 0.717) is 6.04 Å². The average Bonchev–Trinajstić information content (AvgIpc) is 2.42. The van der Waals surface area contributed by atoms with Crippen molar-refractivity contribution in [1.29, 1.82) is 0 Å². The van der Waals surface area contributed by atoms with Crippen molar-refractivity contribution in [3.8, 4) is 0 Å². The summed E-state index contributed by atoms with van der Waals surface area (Å²) in [7, 11) is 0. The molecule has 0 fully saturated rings. The molecule has 4 heteroatoms. The highest BCUT2D eigenvalue weighted by atomic mass is 16.6. The number of nitrogens with one attached hydrogen (secondary N) is 1. The summed E-state index contributed by atoms with van der Waals surface area (Å²) in [5, 5.41) is 14.3. The summed E-state index contributed by atoms with van der Waals surface area (Å²) in [5.41, 5.74) is 1.24. The molecule has 0 aliphatic carbocycles. The van der Waals surface area contributed by atoms with Crippen molar-refractivity contribution in [2.24, 2.45) is 0 Å². The van der Waals surface area contributed by atoms with Gasteiger partial charge in [0, 0.05) is 18.2 Å². The first-order valence-electron chi connectivity index (χ1n) is 7.14. The highest BCUT2D eigenvalue weighted by molar-refractivity contribution is 5.34. The van der Waals surface area contributed by atoms with Gasteiger partial charge in [0.1, 0.15) is 0 Å². The molecule has 106 valence electrons. The lowest BCUT2D eigenvalue weighted by Crippen LogP contribution is -2.30. The van der Waals surface area contributed by atoms with E-state index >= 15 is 0 Å². The molecular formula is C15H24N2O2. The average molecular weight is 264 g/mol. The lowest BCUT2D eigenvalue weighted by molar-refractivity contribution is -0.384. The maximum atomic E-state index is 10.7. The highest BCUT2D eigenvalue weighted by Crippen LogP contribution is 2.15. The van der Waals surface area contributed by atoms with Crippen molar-refractivity contribution in [2.45, 2.75) is 52.0 Å². The van der Waals surface area contributed by atoms with Crippen LogP contribution in [0.5, 0.6) is 0 Å². The Bertz CT molecular complexity index is 393. The zero-order chi connectivity index (χ0) is 14.1. The predicted molar refractivity (Wildman–Crippen MR) is 78.4 cm³/mol. The number of nitrogens with zero attached hydrogens (tertiary/aromatic N) is 1. The van der Waals surface area contributed by atoms with Gasteiger partial charge in [-0.15, -0.1) is 0 Å². The molecule has 1 aromatic rings. The fourth-order valence-electron chi connectivity index (χ4n) is 2.21. The molecule has 0 aliphatic rings. The van der Waals surface area contributed by atoms with Gasteiger partial charge in [-0.05, 0) is 37.8 Å². The minimum Gasteiger partial charge on any atom is -0.314 e. The van der Waals surface area contributed by atoms with Crippen molar-refractivity contribution < 1.29 is 4.92 Å². The normalized spacial score (nSPS) is 12.3. The van der Waals surface area contributed by atoms with E-state index in [9.17, 15) is 10.1 Å². The van der Waals surface area contributed by atoms with Gasteiger partial charge in [0.25, 0.3) is 5.69 Å². The van der Waals surface area contributed by atoms with Crippen LogP contribution < -0.4 is 5.32 Å². The van der Waals surface area contributed by atoms with Gasteiger partial charge in [0.05, 0.1) is 4.92 Å². The van der Waals surface area contributed by atoms with Crippen LogP contribution in [0.25, 0.3) is 0 Å². The summed E-state index contributed by atoms with van der Waals surface area (Å²) in [6.45, 7) is 5.39. The fraction of sp³-hybridized carbons (Fsp3) is 0.600. The largest absolute Gasteiger partial charge is 0.314 e. The van der Waals surface area contributed by atoms with E-state index in [4.69, 9.17) is 0 Å². The third-order valence-corrected chi connectivity index (χ3v) is 3.22. The summed E-state index contributed by atoms with van der Waals surface area (Å²) in [5.74, 6) is 0. The molecule has 1 N–H and O–H groups in total. The molecule has 0 aliphatic heterocycles. The Labute approximate surface area is 115 Å². The van der Waals surface area contributed by atoms with E-state index < -0.39 is 0 Å². The first kappa shape index (κ1) is 15.6. The molecule has 0 spiro atoms. The minimum atomic E-state index is -0.331. The Morgan fingerprint density at radius 3 is 2.68 bits per heavy atom. The Morgan fingerprint density at radius 1 is 1.26 bits per heavy atom. The predicted octanol–water partition coefficient (Wildman–Crippen LogP) is 3.70. The smallest absolute Gasteiger partial charge is 0.269 e. The fourth-order valence-corrected chi connectivity index (χ4v) is 2.21. The van der Waals surface area contributed by atoms with Crippen LogP contribution in [-0.4, -0.2) is 17.5 Å². The summed E-state index contributed by atoms with van der Waals surface area (Å²) in [6.07, 6.45) is 5.39. The van der Waals surface area contributed by atoms with Crippen molar-refractivity contribution >= 4 is 5.69 Å². The number of hydrogen-bond acceptors (Lipinski definition) is 3. The molecule has 0 aromatic heterocycles. The van der Waals surface area contributed by atoms with E-state index in [1.807, 2.05) is 6.07 Å². The zero-order valence-corrected chi connectivity index (χ0v) is 11.9. The number of rotatable bonds is 9. The molecule has 1 unspecified atom stereocenters. The Balaban J connectivity index is 2.53. The number of nitro benzene ring substituents is 1. The maximum absolute atomic E-state index is 10.7. The number of nitro groups is 1. The molecular weight excluding hydrogens is 240 g/mol. The second kappa shape index (κ2) is 8.64. The topological polar surface area (TPSA) is 55.2 Å². The molecule has 0 saturated heterocycles. The van der Waals surface area contributed by atoms with E-state index in [1.54, 1.807) is 18.2 Å². The van der Waals surface area contributed by atoms with Crippen LogP contribution in [0.2, 0.25) is 0 Å². The Morgan fingerprint density at radius 2 is 2.05 bits per heavy atom. The lowest BCUT2D eigenvalue weighted by Gasteiger charge is -2.17. The number of hydrogen-bond donors (Lipinski definition) is 1. The van der Waals surface area contributed by atoms with Crippen LogP contribution in [0.1, 0.15) is 45.1 Å². The maximum Gasteiger partial charge on any atom is 0.269 e. The minimum absolute atomic E-state index is 0.186. The molecule has 0 bridgehead atoms.